The summed E-state index contributed by atoms with van der Waals surface area (Å²) in [5.74, 6) is 0.0478. The average molecular weight is 358 g/mol. The molecule has 0 aromatic heterocycles. The number of fused-ring (bicyclic) bond motifs is 3. The normalized spacial score (nSPS) is 24.2. The number of carbonyl (C=O) groups excluding carboxylic acids is 2. The van der Waals surface area contributed by atoms with E-state index in [9.17, 15) is 14.0 Å². The minimum atomic E-state index is -0.544. The Hall–Kier alpha value is -3.10. The number of hydrogen-bond acceptors (Lipinski definition) is 6. The first-order valence-electron chi connectivity index (χ1n) is 8.35. The van der Waals surface area contributed by atoms with Crippen molar-refractivity contribution in [1.82, 2.24) is 20.0 Å². The van der Waals surface area contributed by atoms with E-state index in [0.717, 1.165) is 11.4 Å². The molecule has 3 aliphatic rings. The molecule has 0 bridgehead atoms. The van der Waals surface area contributed by atoms with Gasteiger partial charge in [0.1, 0.15) is 5.82 Å². The van der Waals surface area contributed by atoms with Gasteiger partial charge in [0, 0.05) is 37.7 Å². The molecule has 4 rings (SSSR count). The maximum absolute atomic E-state index is 13.0. The predicted molar refractivity (Wildman–Crippen MR) is 93.5 cm³/mol. The average Bonchev–Trinajstić information content (AvgIpc) is 3.11. The van der Waals surface area contributed by atoms with Gasteiger partial charge in [-0.1, -0.05) is 0 Å². The number of amides is 3. The minimum absolute atomic E-state index is 0.274. The largest absolute Gasteiger partial charge is 0.383 e. The van der Waals surface area contributed by atoms with E-state index in [1.807, 2.05) is 22.9 Å². The number of carbonyl (C=O) groups is 2. The number of likely N-dealkylation sites (N-methyl/N-ethyl adjacent to an activating group) is 1. The molecule has 3 aliphatic heterocycles. The van der Waals surface area contributed by atoms with E-state index in [1.54, 1.807) is 19.2 Å². The van der Waals surface area contributed by atoms with Gasteiger partial charge in [0.2, 0.25) is 5.96 Å². The second-order valence-electron chi connectivity index (χ2n) is 6.46. The Kier molecular flexibility index (Phi) is 3.78. The van der Waals surface area contributed by atoms with E-state index < -0.39 is 18.2 Å². The summed E-state index contributed by atoms with van der Waals surface area (Å²) in [5, 5.41) is 5.59. The summed E-state index contributed by atoms with van der Waals surface area (Å²) in [5.41, 5.74) is 1.80. The molecule has 3 amide bonds. The first-order chi connectivity index (χ1) is 12.5. The van der Waals surface area contributed by atoms with Crippen molar-refractivity contribution in [2.24, 2.45) is 4.99 Å². The van der Waals surface area contributed by atoms with E-state index >= 15 is 0 Å². The first kappa shape index (κ1) is 16.4. The van der Waals surface area contributed by atoms with Gasteiger partial charge in [0.05, 0.1) is 0 Å². The van der Waals surface area contributed by atoms with Crippen molar-refractivity contribution in [3.05, 3.63) is 42.0 Å². The van der Waals surface area contributed by atoms with E-state index in [0.29, 0.717) is 19.0 Å². The molecule has 26 heavy (non-hydrogen) atoms. The van der Waals surface area contributed by atoms with Crippen LogP contribution in [0.5, 0.6) is 0 Å². The lowest BCUT2D eigenvalue weighted by Gasteiger charge is -2.34. The smallest absolute Gasteiger partial charge is 0.325 e. The fourth-order valence-electron chi connectivity index (χ4n) is 3.40. The van der Waals surface area contributed by atoms with Crippen molar-refractivity contribution in [2.45, 2.75) is 19.1 Å². The number of guanidine groups is 1. The molecule has 1 saturated heterocycles. The van der Waals surface area contributed by atoms with Crippen molar-refractivity contribution < 1.29 is 14.0 Å². The molecule has 2 atom stereocenters. The highest BCUT2D eigenvalue weighted by atomic mass is 19.1. The molecule has 9 heteroatoms. The zero-order valence-electron chi connectivity index (χ0n) is 14.4. The Morgan fingerprint density at radius 3 is 2.73 bits per heavy atom. The maximum Gasteiger partial charge on any atom is 0.325 e. The number of benzene rings is 1. The van der Waals surface area contributed by atoms with Gasteiger partial charge in [-0.05, 0) is 31.2 Å². The minimum Gasteiger partial charge on any atom is -0.383 e. The molecule has 2 unspecified atom stereocenters. The van der Waals surface area contributed by atoms with Gasteiger partial charge in [-0.15, -0.1) is 0 Å². The van der Waals surface area contributed by atoms with Crippen LogP contribution in [0.3, 0.4) is 0 Å². The van der Waals surface area contributed by atoms with Crippen LogP contribution in [-0.2, 0) is 4.79 Å². The summed E-state index contributed by atoms with van der Waals surface area (Å²) in [6.07, 6.45) is 1.35. The van der Waals surface area contributed by atoms with Crippen molar-refractivity contribution in [3.63, 3.8) is 0 Å². The zero-order valence-corrected chi connectivity index (χ0v) is 14.4. The Morgan fingerprint density at radius 1 is 1.27 bits per heavy atom. The third kappa shape index (κ3) is 2.56. The zero-order chi connectivity index (χ0) is 18.4. The quantitative estimate of drug-likeness (QED) is 0.838. The molecule has 0 spiro atoms. The van der Waals surface area contributed by atoms with Gasteiger partial charge in [0.15, 0.2) is 12.2 Å². The van der Waals surface area contributed by atoms with E-state index in [-0.39, 0.29) is 11.7 Å². The lowest BCUT2D eigenvalue weighted by atomic mass is 10.1. The lowest BCUT2D eigenvalue weighted by Crippen LogP contribution is -2.62. The number of nitrogens with zero attached hydrogens (tertiary/aromatic N) is 4. The van der Waals surface area contributed by atoms with Crippen LogP contribution in [-0.4, -0.2) is 64.9 Å². The summed E-state index contributed by atoms with van der Waals surface area (Å²) in [7, 11) is 1.63. The predicted octanol–water partition coefficient (Wildman–Crippen LogP) is 0.962. The molecular weight excluding hydrogens is 339 g/mol. The van der Waals surface area contributed by atoms with Gasteiger partial charge >= 0.3 is 6.03 Å². The number of halogens is 1. The highest BCUT2D eigenvalue weighted by Crippen LogP contribution is 2.31. The van der Waals surface area contributed by atoms with Gasteiger partial charge in [0.25, 0.3) is 5.91 Å². The topological polar surface area (TPSA) is 80.3 Å². The lowest BCUT2D eigenvalue weighted by molar-refractivity contribution is -0.126. The fraction of sp³-hybridized carbons (Fsp3) is 0.353. The summed E-state index contributed by atoms with van der Waals surface area (Å²) < 4.78 is 13.0. The molecule has 2 N–H and O–H groups in total. The van der Waals surface area contributed by atoms with Gasteiger partial charge < -0.3 is 20.0 Å². The Labute approximate surface area is 150 Å². The molecular formula is C17H19FN6O2. The van der Waals surface area contributed by atoms with Crippen molar-refractivity contribution in [2.75, 3.05) is 25.5 Å². The van der Waals surface area contributed by atoms with Crippen LogP contribution < -0.4 is 10.6 Å². The molecule has 0 saturated carbocycles. The Bertz CT molecular complexity index is 821. The van der Waals surface area contributed by atoms with E-state index in [1.165, 1.54) is 17.0 Å². The highest BCUT2D eigenvalue weighted by Gasteiger charge is 2.51. The number of aliphatic imine (C=N–C) groups is 1. The first-order valence-corrected chi connectivity index (χ1v) is 8.35. The second-order valence-corrected chi connectivity index (χ2v) is 6.46. The highest BCUT2D eigenvalue weighted by molar-refractivity contribution is 6.04. The van der Waals surface area contributed by atoms with Crippen LogP contribution >= 0.6 is 0 Å². The molecule has 8 nitrogen and oxygen atoms in total. The SMILES string of the molecule is CC1=CN2C(=NC3C2C(=O)NC(=O)N3C)N1CCNc1ccc(F)cc1. The number of imide groups is 1. The van der Waals surface area contributed by atoms with E-state index in [2.05, 4.69) is 15.6 Å². The molecule has 0 aliphatic carbocycles. The Morgan fingerprint density at radius 2 is 2.00 bits per heavy atom. The number of hydrogen-bond donors (Lipinski definition) is 2. The summed E-state index contributed by atoms with van der Waals surface area (Å²) in [4.78, 5) is 33.9. The number of nitrogens with one attached hydrogen (secondary N) is 2. The van der Waals surface area contributed by atoms with Crippen molar-refractivity contribution >= 4 is 23.6 Å². The van der Waals surface area contributed by atoms with Gasteiger partial charge in [-0.3, -0.25) is 10.1 Å². The molecule has 1 aromatic carbocycles. The van der Waals surface area contributed by atoms with Gasteiger partial charge in [-0.25, -0.2) is 14.2 Å². The molecule has 1 aromatic rings. The molecule has 136 valence electrons. The second kappa shape index (κ2) is 6.01. The Balaban J connectivity index is 1.46. The van der Waals surface area contributed by atoms with Crippen molar-refractivity contribution in [1.29, 1.82) is 0 Å². The van der Waals surface area contributed by atoms with Crippen LogP contribution in [0.2, 0.25) is 0 Å². The summed E-state index contributed by atoms with van der Waals surface area (Å²) in [6.45, 7) is 3.18. The maximum atomic E-state index is 13.0. The molecule has 0 radical (unpaired) electrons. The summed E-state index contributed by atoms with van der Waals surface area (Å²) >= 11 is 0. The fourth-order valence-corrected chi connectivity index (χ4v) is 3.40. The monoisotopic (exact) mass is 358 g/mol. The number of anilines is 1. The number of rotatable bonds is 4. The van der Waals surface area contributed by atoms with Gasteiger partial charge in [-0.2, -0.15) is 0 Å². The third-order valence-electron chi connectivity index (χ3n) is 4.78. The molecule has 1 fully saturated rings. The third-order valence-corrected chi connectivity index (χ3v) is 4.78. The molecule has 3 heterocycles. The van der Waals surface area contributed by atoms with Crippen LogP contribution in [0.25, 0.3) is 0 Å². The van der Waals surface area contributed by atoms with Crippen LogP contribution in [0.15, 0.2) is 41.2 Å². The van der Waals surface area contributed by atoms with Crippen molar-refractivity contribution in [3.8, 4) is 0 Å². The summed E-state index contributed by atoms with van der Waals surface area (Å²) in [6, 6.07) is 5.19. The number of allylic oxidation sites excluding steroid dienone is 1. The standard InChI is InChI=1S/C17H19FN6O2/c1-10-9-24-13-14(22(2)17(26)21-15(13)25)20-16(24)23(10)8-7-19-12-5-3-11(18)4-6-12/h3-6,9,13-14,19H,7-8H2,1-2H3,(H,21,25,26). The van der Waals surface area contributed by atoms with E-state index in [4.69, 9.17) is 0 Å². The number of urea groups is 1. The van der Waals surface area contributed by atoms with Crippen LogP contribution in [0, 0.1) is 5.82 Å². The van der Waals surface area contributed by atoms with Crippen LogP contribution in [0.1, 0.15) is 6.92 Å². The van der Waals surface area contributed by atoms with Crippen LogP contribution in [0.4, 0.5) is 14.9 Å².